The molecule has 1 aromatic heterocycles. The van der Waals surface area contributed by atoms with Crippen molar-refractivity contribution in [1.82, 2.24) is 10.1 Å². The van der Waals surface area contributed by atoms with Crippen LogP contribution in [0.4, 0.5) is 5.69 Å². The SMILES string of the molecule is C[NH+](CC(=O)Nc1ccccc1Cl)Cc1nc(-c2ccccc2)no1. The van der Waals surface area contributed by atoms with Crippen molar-refractivity contribution >= 4 is 23.2 Å². The van der Waals surface area contributed by atoms with Gasteiger partial charge in [0.25, 0.3) is 11.8 Å². The number of hydrogen-bond donors (Lipinski definition) is 2. The Morgan fingerprint density at radius 1 is 1.16 bits per heavy atom. The summed E-state index contributed by atoms with van der Waals surface area (Å²) < 4.78 is 5.27. The van der Waals surface area contributed by atoms with E-state index in [9.17, 15) is 4.79 Å². The fourth-order valence-corrected chi connectivity index (χ4v) is 2.57. The molecule has 6 nitrogen and oxygen atoms in total. The van der Waals surface area contributed by atoms with E-state index < -0.39 is 0 Å². The van der Waals surface area contributed by atoms with Crippen molar-refractivity contribution in [2.24, 2.45) is 0 Å². The summed E-state index contributed by atoms with van der Waals surface area (Å²) in [6, 6.07) is 16.7. The maximum absolute atomic E-state index is 12.1. The Labute approximate surface area is 150 Å². The van der Waals surface area contributed by atoms with Gasteiger partial charge in [0, 0.05) is 5.56 Å². The lowest BCUT2D eigenvalue weighted by Crippen LogP contribution is -3.08. The first-order chi connectivity index (χ1) is 12.1. The quantitative estimate of drug-likeness (QED) is 0.708. The molecular weight excluding hydrogens is 340 g/mol. The van der Waals surface area contributed by atoms with Gasteiger partial charge >= 0.3 is 0 Å². The van der Waals surface area contributed by atoms with Gasteiger partial charge in [0.15, 0.2) is 13.1 Å². The number of carbonyl (C=O) groups excluding carboxylic acids is 1. The molecule has 3 rings (SSSR count). The number of rotatable bonds is 6. The van der Waals surface area contributed by atoms with Crippen LogP contribution in [0.1, 0.15) is 5.89 Å². The van der Waals surface area contributed by atoms with E-state index in [1.807, 2.05) is 49.5 Å². The number of benzene rings is 2. The highest BCUT2D eigenvalue weighted by Gasteiger charge is 2.16. The number of likely N-dealkylation sites (N-methyl/N-ethyl adjacent to an activating group) is 1. The molecule has 1 atom stereocenters. The first kappa shape index (κ1) is 17.1. The van der Waals surface area contributed by atoms with Crippen LogP contribution in [0.5, 0.6) is 0 Å². The van der Waals surface area contributed by atoms with Crippen molar-refractivity contribution < 1.29 is 14.2 Å². The number of halogens is 1. The van der Waals surface area contributed by atoms with Crippen molar-refractivity contribution in [1.29, 1.82) is 0 Å². The Morgan fingerprint density at radius 2 is 1.88 bits per heavy atom. The highest BCUT2D eigenvalue weighted by atomic mass is 35.5. The smallest absolute Gasteiger partial charge is 0.282 e. The van der Waals surface area contributed by atoms with Gasteiger partial charge in [-0.3, -0.25) is 4.79 Å². The van der Waals surface area contributed by atoms with Crippen LogP contribution in [0.15, 0.2) is 59.1 Å². The molecule has 1 heterocycles. The minimum absolute atomic E-state index is 0.131. The van der Waals surface area contributed by atoms with E-state index in [4.69, 9.17) is 16.1 Å². The number of quaternary nitrogens is 1. The Hall–Kier alpha value is -2.70. The number of carbonyl (C=O) groups is 1. The van der Waals surface area contributed by atoms with Crippen molar-refractivity contribution in [2.45, 2.75) is 6.54 Å². The van der Waals surface area contributed by atoms with Gasteiger partial charge in [0.05, 0.1) is 17.8 Å². The van der Waals surface area contributed by atoms with Crippen molar-refractivity contribution in [3.05, 3.63) is 65.5 Å². The second-order valence-corrected chi connectivity index (χ2v) is 6.12. The third kappa shape index (κ3) is 4.65. The third-order valence-electron chi connectivity index (χ3n) is 3.56. The number of aromatic nitrogens is 2. The zero-order valence-electron chi connectivity index (χ0n) is 13.7. The first-order valence-corrected chi connectivity index (χ1v) is 8.23. The molecule has 0 aliphatic carbocycles. The fourth-order valence-electron chi connectivity index (χ4n) is 2.38. The summed E-state index contributed by atoms with van der Waals surface area (Å²) in [6.45, 7) is 0.712. The second-order valence-electron chi connectivity index (χ2n) is 5.72. The van der Waals surface area contributed by atoms with Gasteiger partial charge in [-0.05, 0) is 12.1 Å². The normalized spacial score (nSPS) is 11.9. The molecule has 0 bridgehead atoms. The third-order valence-corrected chi connectivity index (χ3v) is 3.89. The van der Waals surface area contributed by atoms with Gasteiger partial charge in [-0.1, -0.05) is 59.2 Å². The van der Waals surface area contributed by atoms with Gasteiger partial charge in [0.2, 0.25) is 5.82 Å². The molecule has 7 heteroatoms. The Morgan fingerprint density at radius 3 is 2.64 bits per heavy atom. The zero-order valence-corrected chi connectivity index (χ0v) is 14.5. The summed E-state index contributed by atoms with van der Waals surface area (Å²) in [5.41, 5.74) is 1.50. The zero-order chi connectivity index (χ0) is 17.6. The minimum atomic E-state index is -0.131. The van der Waals surface area contributed by atoms with E-state index in [0.717, 1.165) is 10.5 Å². The molecule has 128 valence electrons. The lowest BCUT2D eigenvalue weighted by atomic mass is 10.2. The first-order valence-electron chi connectivity index (χ1n) is 7.85. The number of hydrogen-bond acceptors (Lipinski definition) is 4. The number of para-hydroxylation sites is 1. The summed E-state index contributed by atoms with van der Waals surface area (Å²) in [5, 5.41) is 7.29. The molecule has 0 saturated carbocycles. The van der Waals surface area contributed by atoms with Crippen LogP contribution in [0, 0.1) is 0 Å². The van der Waals surface area contributed by atoms with Gasteiger partial charge in [-0.25, -0.2) is 0 Å². The predicted octanol–water partition coefficient (Wildman–Crippen LogP) is 2.04. The molecule has 3 aromatic rings. The van der Waals surface area contributed by atoms with Gasteiger partial charge in [-0.2, -0.15) is 4.98 Å². The average molecular weight is 358 g/mol. The molecule has 0 saturated heterocycles. The van der Waals surface area contributed by atoms with Gasteiger partial charge in [0.1, 0.15) is 0 Å². The van der Waals surface area contributed by atoms with E-state index in [-0.39, 0.29) is 12.5 Å². The van der Waals surface area contributed by atoms with Crippen LogP contribution in [-0.2, 0) is 11.3 Å². The molecule has 0 spiro atoms. The van der Waals surface area contributed by atoms with Gasteiger partial charge in [-0.15, -0.1) is 0 Å². The van der Waals surface area contributed by atoms with Crippen LogP contribution in [0.25, 0.3) is 11.4 Å². The average Bonchev–Trinajstić information content (AvgIpc) is 3.06. The highest BCUT2D eigenvalue weighted by Crippen LogP contribution is 2.20. The van der Waals surface area contributed by atoms with E-state index >= 15 is 0 Å². The maximum Gasteiger partial charge on any atom is 0.282 e. The number of nitrogens with one attached hydrogen (secondary N) is 2. The molecule has 0 radical (unpaired) electrons. The number of amides is 1. The van der Waals surface area contributed by atoms with Gasteiger partial charge < -0.3 is 14.7 Å². The topological polar surface area (TPSA) is 72.5 Å². The fraction of sp³-hybridized carbons (Fsp3) is 0.167. The largest absolute Gasteiger partial charge is 0.333 e. The van der Waals surface area contributed by atoms with Crippen molar-refractivity contribution in [2.75, 3.05) is 18.9 Å². The van der Waals surface area contributed by atoms with E-state index in [1.54, 1.807) is 12.1 Å². The van der Waals surface area contributed by atoms with E-state index in [2.05, 4.69) is 15.5 Å². The molecule has 0 aliphatic rings. The monoisotopic (exact) mass is 357 g/mol. The van der Waals surface area contributed by atoms with Crippen LogP contribution in [0.3, 0.4) is 0 Å². The summed E-state index contributed by atoms with van der Waals surface area (Å²) in [7, 11) is 1.89. The van der Waals surface area contributed by atoms with Crippen LogP contribution in [0.2, 0.25) is 5.02 Å². The molecule has 1 unspecified atom stereocenters. The number of anilines is 1. The van der Waals surface area contributed by atoms with Crippen molar-refractivity contribution in [3.63, 3.8) is 0 Å². The molecular formula is C18H18ClN4O2+. The summed E-state index contributed by atoms with van der Waals surface area (Å²) in [6.07, 6.45) is 0. The number of nitrogens with zero attached hydrogens (tertiary/aromatic N) is 2. The van der Waals surface area contributed by atoms with Crippen LogP contribution < -0.4 is 10.2 Å². The Kier molecular flexibility index (Phi) is 5.42. The Balaban J connectivity index is 1.56. The lowest BCUT2D eigenvalue weighted by Gasteiger charge is -2.12. The second kappa shape index (κ2) is 7.92. The van der Waals surface area contributed by atoms with Crippen molar-refractivity contribution in [3.8, 4) is 11.4 Å². The standard InChI is InChI=1S/C18H17ClN4O2/c1-23(11-16(24)20-15-10-6-5-9-14(15)19)12-17-21-18(22-25-17)13-7-3-2-4-8-13/h2-10H,11-12H2,1H3,(H,20,24)/p+1. The molecule has 0 aliphatic heterocycles. The lowest BCUT2D eigenvalue weighted by molar-refractivity contribution is -0.886. The van der Waals surface area contributed by atoms with E-state index in [1.165, 1.54) is 0 Å². The van der Waals surface area contributed by atoms with Crippen LogP contribution in [-0.4, -0.2) is 29.6 Å². The summed E-state index contributed by atoms with van der Waals surface area (Å²) >= 11 is 6.04. The molecule has 25 heavy (non-hydrogen) atoms. The van der Waals surface area contributed by atoms with E-state index in [0.29, 0.717) is 29.0 Å². The van der Waals surface area contributed by atoms with Crippen LogP contribution >= 0.6 is 11.6 Å². The summed E-state index contributed by atoms with van der Waals surface area (Å²) in [5.74, 6) is 0.902. The molecule has 2 N–H and O–H groups in total. The minimum Gasteiger partial charge on any atom is -0.333 e. The maximum atomic E-state index is 12.1. The Bertz CT molecular complexity index is 851. The summed E-state index contributed by atoms with van der Waals surface area (Å²) in [4.78, 5) is 17.4. The molecule has 0 fully saturated rings. The molecule has 2 aromatic carbocycles. The highest BCUT2D eigenvalue weighted by molar-refractivity contribution is 6.33. The molecule has 1 amide bonds. The predicted molar refractivity (Wildman–Crippen MR) is 95.3 cm³/mol.